The highest BCUT2D eigenvalue weighted by molar-refractivity contribution is 6.88. The number of aryl methyl sites for hydroxylation is 1. The molecule has 1 aromatic carbocycles. The summed E-state index contributed by atoms with van der Waals surface area (Å²) in [6.45, 7) is 24.3. The van der Waals surface area contributed by atoms with Crippen LogP contribution in [0.5, 0.6) is 0 Å². The van der Waals surface area contributed by atoms with Crippen LogP contribution in [0, 0.1) is 6.92 Å². The Morgan fingerprint density at radius 3 is 1.89 bits per heavy atom. The van der Waals surface area contributed by atoms with Crippen molar-refractivity contribution in [3.8, 4) is 0 Å². The van der Waals surface area contributed by atoms with Gasteiger partial charge in [0.25, 0.3) is 0 Å². The van der Waals surface area contributed by atoms with E-state index >= 15 is 0 Å². The van der Waals surface area contributed by atoms with E-state index in [-0.39, 0.29) is 0 Å². The number of hydrogen-bond acceptors (Lipinski definition) is 0. The van der Waals surface area contributed by atoms with E-state index in [0.717, 1.165) is 0 Å². The zero-order chi connectivity index (χ0) is 20.6. The summed E-state index contributed by atoms with van der Waals surface area (Å²) in [6, 6.07) is 10.4. The van der Waals surface area contributed by atoms with Crippen LogP contribution in [0.4, 0.5) is 0 Å². The second-order valence-electron chi connectivity index (χ2n) is 10.1. The Labute approximate surface area is 171 Å². The van der Waals surface area contributed by atoms with E-state index in [0.29, 0.717) is 5.04 Å². The lowest BCUT2D eigenvalue weighted by molar-refractivity contribution is 0.841. The van der Waals surface area contributed by atoms with Gasteiger partial charge in [-0.25, -0.2) is 0 Å². The van der Waals surface area contributed by atoms with E-state index in [1.54, 1.807) is 27.5 Å². The van der Waals surface area contributed by atoms with Crippen LogP contribution in [0.2, 0.25) is 36.8 Å². The number of hydrogen-bond donors (Lipinski definition) is 0. The van der Waals surface area contributed by atoms with Crippen LogP contribution in [0.1, 0.15) is 65.5 Å². The molecule has 0 bridgehead atoms. The minimum atomic E-state index is -1.33. The van der Waals surface area contributed by atoms with E-state index < -0.39 is 16.9 Å². The largest absolute Gasteiger partial charge is 0.0776 e. The van der Waals surface area contributed by atoms with Crippen molar-refractivity contribution >= 4 is 27.6 Å². The van der Waals surface area contributed by atoms with Gasteiger partial charge < -0.3 is 0 Å². The summed E-state index contributed by atoms with van der Waals surface area (Å²) in [5.74, 6) is 0. The third-order valence-corrected chi connectivity index (χ3v) is 14.0. The van der Waals surface area contributed by atoms with E-state index in [4.69, 9.17) is 0 Å². The van der Waals surface area contributed by atoms with Gasteiger partial charge in [0.2, 0.25) is 0 Å². The molecule has 2 heteroatoms. The molecule has 2 rings (SSSR count). The van der Waals surface area contributed by atoms with Crippen LogP contribution in [-0.2, 0) is 0 Å². The molecule has 27 heavy (non-hydrogen) atoms. The molecule has 0 spiro atoms. The predicted molar refractivity (Wildman–Crippen MR) is 131 cm³/mol. The Morgan fingerprint density at radius 2 is 1.41 bits per heavy atom. The average Bonchev–Trinajstić information content (AvgIpc) is 2.75. The lowest BCUT2D eigenvalue weighted by atomic mass is 9.89. The first-order valence-electron chi connectivity index (χ1n) is 11.0. The van der Waals surface area contributed by atoms with Crippen LogP contribution in [0.25, 0.3) is 5.57 Å². The Kier molecular flexibility index (Phi) is 6.85. The first kappa shape index (κ1) is 22.4. The molecular formula is C25H42Si2. The van der Waals surface area contributed by atoms with Crippen molar-refractivity contribution < 1.29 is 0 Å². The predicted octanol–water partition coefficient (Wildman–Crippen LogP) is 7.47. The molecule has 0 N–H and O–H groups in total. The highest BCUT2D eigenvalue weighted by Gasteiger charge is 2.45. The molecule has 0 saturated heterocycles. The molecule has 150 valence electrons. The third kappa shape index (κ3) is 4.12. The number of benzene rings is 1. The first-order chi connectivity index (χ1) is 12.5. The molecule has 0 radical (unpaired) electrons. The fourth-order valence-electron chi connectivity index (χ4n) is 5.24. The molecule has 0 saturated carbocycles. The Bertz CT molecular complexity index is 755. The van der Waals surface area contributed by atoms with E-state index in [2.05, 4.69) is 86.3 Å². The van der Waals surface area contributed by atoms with E-state index in [9.17, 15) is 0 Å². The molecule has 1 aliphatic rings. The summed E-state index contributed by atoms with van der Waals surface area (Å²) in [4.78, 5) is 0. The molecule has 0 heterocycles. The van der Waals surface area contributed by atoms with Crippen molar-refractivity contribution in [1.29, 1.82) is 0 Å². The molecule has 1 atom stereocenters. The fraction of sp³-hybridized carbons (Fsp3) is 0.600. The smallest absolute Gasteiger partial charge is 0.0657 e. The van der Waals surface area contributed by atoms with Gasteiger partial charge in [0.1, 0.15) is 0 Å². The first-order valence-corrected chi connectivity index (χ1v) is 16.7. The Morgan fingerprint density at radius 1 is 0.852 bits per heavy atom. The fourth-order valence-corrected chi connectivity index (χ4v) is 10.9. The highest BCUT2D eigenvalue weighted by atomic mass is 28.3. The van der Waals surface area contributed by atoms with Crippen molar-refractivity contribution in [1.82, 2.24) is 0 Å². The maximum atomic E-state index is 2.61. The van der Waals surface area contributed by atoms with Crippen LogP contribution in [-0.4, -0.2) is 16.9 Å². The Balaban J connectivity index is 2.72. The summed E-state index contributed by atoms with van der Waals surface area (Å²) in [5.41, 5.74) is 9.43. The maximum Gasteiger partial charge on any atom is 0.0776 e. The van der Waals surface area contributed by atoms with Crippen LogP contribution in [0.3, 0.4) is 0 Å². The standard InChI is InChI=1S/C25H42Si2/c1-11-13-26(14-12-2)25(7)21(6)19(4)20(5)24(25)22-15-18(3)16-23(17-22)27(8,9)10/h15-17,26H,11-14H2,1-10H3. The SMILES string of the molecule is CCC[SiH](CCC)C1(C)C(C)=C(C)C(C)=C1c1cc(C)cc([Si](C)(C)C)c1. The van der Waals surface area contributed by atoms with Gasteiger partial charge in [-0.2, -0.15) is 0 Å². The van der Waals surface area contributed by atoms with Gasteiger partial charge in [0, 0.05) is 5.04 Å². The summed E-state index contributed by atoms with van der Waals surface area (Å²) in [7, 11) is -2.27. The Hall–Kier alpha value is -0.866. The zero-order valence-electron chi connectivity index (χ0n) is 19.6. The van der Waals surface area contributed by atoms with Gasteiger partial charge in [0.15, 0.2) is 0 Å². The van der Waals surface area contributed by atoms with Crippen LogP contribution in [0.15, 0.2) is 34.9 Å². The second-order valence-corrected chi connectivity index (χ2v) is 18.8. The molecule has 0 aliphatic heterocycles. The second kappa shape index (κ2) is 8.25. The van der Waals surface area contributed by atoms with Gasteiger partial charge in [-0.3, -0.25) is 0 Å². The molecule has 0 aromatic heterocycles. The summed E-state index contributed by atoms with van der Waals surface area (Å²) < 4.78 is 0. The maximum absolute atomic E-state index is 2.61. The summed E-state index contributed by atoms with van der Waals surface area (Å²) >= 11 is 0. The molecule has 1 unspecified atom stereocenters. The van der Waals surface area contributed by atoms with Crippen molar-refractivity contribution in [3.63, 3.8) is 0 Å². The highest BCUT2D eigenvalue weighted by Crippen LogP contribution is 2.60. The lowest BCUT2D eigenvalue weighted by Gasteiger charge is -2.39. The van der Waals surface area contributed by atoms with E-state index in [1.807, 2.05) is 0 Å². The number of rotatable bonds is 7. The third-order valence-electron chi connectivity index (χ3n) is 7.12. The average molecular weight is 399 g/mol. The molecule has 0 fully saturated rings. The molecule has 1 aliphatic carbocycles. The van der Waals surface area contributed by atoms with Gasteiger partial charge in [-0.1, -0.05) is 99.9 Å². The van der Waals surface area contributed by atoms with Crippen molar-refractivity contribution in [2.24, 2.45) is 0 Å². The molecule has 0 nitrogen and oxygen atoms in total. The van der Waals surface area contributed by atoms with Crippen LogP contribution >= 0.6 is 0 Å². The monoisotopic (exact) mass is 398 g/mol. The molecule has 1 aromatic rings. The van der Waals surface area contributed by atoms with E-state index in [1.165, 1.54) is 36.1 Å². The normalized spacial score (nSPS) is 21.0. The van der Waals surface area contributed by atoms with Crippen LogP contribution < -0.4 is 5.19 Å². The summed E-state index contributed by atoms with van der Waals surface area (Å²) in [5, 5.41) is 1.91. The minimum absolute atomic E-state index is 0.310. The molecular weight excluding hydrogens is 356 g/mol. The number of allylic oxidation sites excluding steroid dienone is 4. The van der Waals surface area contributed by atoms with Gasteiger partial charge in [-0.15, -0.1) is 0 Å². The van der Waals surface area contributed by atoms with Gasteiger partial charge >= 0.3 is 0 Å². The van der Waals surface area contributed by atoms with Gasteiger partial charge in [-0.05, 0) is 50.0 Å². The lowest BCUT2D eigenvalue weighted by Crippen LogP contribution is -2.38. The topological polar surface area (TPSA) is 0 Å². The van der Waals surface area contributed by atoms with Crippen molar-refractivity contribution in [2.75, 3.05) is 0 Å². The van der Waals surface area contributed by atoms with Gasteiger partial charge in [0.05, 0.1) is 16.9 Å². The minimum Gasteiger partial charge on any atom is -0.0657 e. The molecule has 0 amide bonds. The summed E-state index contributed by atoms with van der Waals surface area (Å²) in [6.07, 6.45) is 2.66. The quantitative estimate of drug-likeness (QED) is 0.418. The van der Waals surface area contributed by atoms with Crippen molar-refractivity contribution in [3.05, 3.63) is 46.0 Å². The zero-order valence-corrected chi connectivity index (χ0v) is 21.8. The van der Waals surface area contributed by atoms with Crippen molar-refractivity contribution in [2.45, 2.75) is 98.1 Å².